The molecule has 3 aliphatic rings. The van der Waals surface area contributed by atoms with E-state index in [2.05, 4.69) is 61.1 Å². The number of hydrogen-bond acceptors (Lipinski definition) is 14. The lowest BCUT2D eigenvalue weighted by molar-refractivity contribution is -0.166. The number of ketones is 1. The number of halogens is 2. The fourth-order valence-electron chi connectivity index (χ4n) is 9.07. The normalized spacial score (nSPS) is 17.8. The van der Waals surface area contributed by atoms with Crippen LogP contribution in [0.2, 0.25) is 0 Å². The van der Waals surface area contributed by atoms with Gasteiger partial charge in [-0.1, -0.05) is 90.2 Å². The van der Waals surface area contributed by atoms with Gasteiger partial charge in [0.25, 0.3) is 23.6 Å². The van der Waals surface area contributed by atoms with E-state index < -0.39 is 89.4 Å². The first-order valence-corrected chi connectivity index (χ1v) is 27.7. The molecule has 2 saturated heterocycles. The summed E-state index contributed by atoms with van der Waals surface area (Å²) in [5.41, 5.74) is 0.499. The number of fused-ring (bicyclic) bond motifs is 1. The summed E-state index contributed by atoms with van der Waals surface area (Å²) in [6.45, 7) is 4.93. The summed E-state index contributed by atoms with van der Waals surface area (Å²) in [5, 5.41) is 7.74. The number of ether oxygens (including phenoxy) is 4. The van der Waals surface area contributed by atoms with Crippen LogP contribution >= 0.6 is 45.2 Å². The van der Waals surface area contributed by atoms with Crippen molar-refractivity contribution in [2.45, 2.75) is 103 Å². The Balaban J connectivity index is 1.24. The minimum Gasteiger partial charge on any atom is -0.493 e. The number of Topliss-reactive ketones (excluding diaryl/α,β-unsaturated/α-hetero) is 1. The SMILES string of the molecule is CCC(C)(C)C(=O)C(=O)N1CC(N(CCI)C(=O)COc2cccc3c2C(=O)N(C2CCC(=O)NC2=O)C3=O)CC[C@H]1C(=O)O[C@H](CCc1ccc(OC)c(OC)c1)c1cccc(NC(=O)CCC(=O)NCCI)c1. The van der Waals surface area contributed by atoms with E-state index in [1.807, 2.05) is 12.1 Å². The number of aryl methyl sites for hydroxylation is 1. The predicted molar refractivity (Wildman–Crippen MR) is 290 cm³/mol. The molecule has 0 saturated carbocycles. The molecule has 2 unspecified atom stereocenters. The van der Waals surface area contributed by atoms with Gasteiger partial charge in [0.15, 0.2) is 18.1 Å². The molecule has 3 N–H and O–H groups in total. The van der Waals surface area contributed by atoms with Gasteiger partial charge in [0.05, 0.1) is 25.3 Å². The fraction of sp³-hybridized carbons (Fsp3) is 0.472. The molecule has 0 bridgehead atoms. The van der Waals surface area contributed by atoms with Crippen molar-refractivity contribution in [2.24, 2.45) is 5.41 Å². The summed E-state index contributed by atoms with van der Waals surface area (Å²) < 4.78 is 24.5. The van der Waals surface area contributed by atoms with Crippen molar-refractivity contribution in [3.63, 3.8) is 0 Å². The van der Waals surface area contributed by atoms with Gasteiger partial charge in [0, 0.05) is 64.9 Å². The molecule has 3 heterocycles. The smallest absolute Gasteiger partial charge is 0.329 e. The molecule has 20 nitrogen and oxygen atoms in total. The number of esters is 1. The van der Waals surface area contributed by atoms with Crippen LogP contribution in [0, 0.1) is 5.41 Å². The highest BCUT2D eigenvalue weighted by atomic mass is 127. The van der Waals surface area contributed by atoms with Gasteiger partial charge in [0.2, 0.25) is 29.4 Å². The number of carbonyl (C=O) groups excluding carboxylic acids is 10. The third kappa shape index (κ3) is 14.2. The van der Waals surface area contributed by atoms with Crippen LogP contribution in [0.4, 0.5) is 5.69 Å². The zero-order valence-corrected chi connectivity index (χ0v) is 46.8. The Morgan fingerprint density at radius 1 is 0.853 bits per heavy atom. The summed E-state index contributed by atoms with van der Waals surface area (Å²) in [7, 11) is 3.05. The standard InChI is InChI=1S/C53H62I2N6O14/c1-6-53(2,3)47(66)51(70)60-29-34(59(26-24-55)45(65)30-74-40-12-8-11-35-46(40)50(69)61(49(35)68)36-17-20-44(64)58-48(36)67)15-16-37(60)52(71)75-38(18-13-31-14-19-39(72-4)41(27-31)73-5)32-9-7-10-33(28-32)57-43(63)22-21-42(62)56-25-23-54/h7-12,14,19,27-28,34,36-38H,6,13,15-18,20-26,29-30H2,1-5H3,(H,56,62)(H,57,63)(H,58,64,67)/t34?,36?,37-,38+/m0/s1. The summed E-state index contributed by atoms with van der Waals surface area (Å²) in [5.74, 6) is -5.48. The lowest BCUT2D eigenvalue weighted by atomic mass is 9.84. The Morgan fingerprint density at radius 2 is 1.59 bits per heavy atom. The highest BCUT2D eigenvalue weighted by Crippen LogP contribution is 2.36. The molecular weight excluding hydrogens is 1200 g/mol. The molecule has 3 aliphatic heterocycles. The van der Waals surface area contributed by atoms with E-state index in [0.717, 1.165) is 14.9 Å². The monoisotopic (exact) mass is 1260 g/mol. The van der Waals surface area contributed by atoms with E-state index in [9.17, 15) is 47.9 Å². The Bertz CT molecular complexity index is 2700. The molecular formula is C53H62I2N6O14. The second kappa shape index (κ2) is 26.5. The average molecular weight is 1260 g/mol. The first-order chi connectivity index (χ1) is 35.8. The van der Waals surface area contributed by atoms with E-state index in [1.165, 1.54) is 42.2 Å². The molecule has 402 valence electrons. The molecule has 2 fully saturated rings. The number of methoxy groups -OCH3 is 2. The van der Waals surface area contributed by atoms with Gasteiger partial charge in [-0.25, -0.2) is 4.79 Å². The molecule has 22 heteroatoms. The van der Waals surface area contributed by atoms with E-state index in [0.29, 0.717) is 46.6 Å². The maximum absolute atomic E-state index is 14.7. The second-order valence-electron chi connectivity index (χ2n) is 18.8. The van der Waals surface area contributed by atoms with Gasteiger partial charge in [-0.05, 0) is 86.1 Å². The summed E-state index contributed by atoms with van der Waals surface area (Å²) in [4.78, 5) is 138. The number of rotatable bonds is 24. The van der Waals surface area contributed by atoms with Gasteiger partial charge in [-0.3, -0.25) is 53.4 Å². The van der Waals surface area contributed by atoms with Crippen LogP contribution in [0.5, 0.6) is 17.2 Å². The molecule has 3 aromatic rings. The average Bonchev–Trinajstić information content (AvgIpc) is 3.66. The minimum absolute atomic E-state index is 0.00379. The van der Waals surface area contributed by atoms with Crippen LogP contribution in [0.1, 0.15) is 110 Å². The van der Waals surface area contributed by atoms with Gasteiger partial charge in [-0.2, -0.15) is 0 Å². The number of benzene rings is 3. The zero-order valence-electron chi connectivity index (χ0n) is 42.5. The molecule has 6 rings (SSSR count). The van der Waals surface area contributed by atoms with Crippen molar-refractivity contribution in [2.75, 3.05) is 54.6 Å². The van der Waals surface area contributed by atoms with E-state index >= 15 is 0 Å². The van der Waals surface area contributed by atoms with Crippen LogP contribution in [0.3, 0.4) is 0 Å². The first-order valence-electron chi connectivity index (χ1n) is 24.7. The van der Waals surface area contributed by atoms with Crippen molar-refractivity contribution in [1.82, 2.24) is 25.3 Å². The molecule has 75 heavy (non-hydrogen) atoms. The topological polar surface area (TPSA) is 253 Å². The number of nitrogens with one attached hydrogen (secondary N) is 3. The Morgan fingerprint density at radius 3 is 2.28 bits per heavy atom. The summed E-state index contributed by atoms with van der Waals surface area (Å²) in [6, 6.07) is 13.4. The largest absolute Gasteiger partial charge is 0.493 e. The van der Waals surface area contributed by atoms with Crippen LogP contribution in [0.25, 0.3) is 0 Å². The lowest BCUT2D eigenvalue weighted by Gasteiger charge is -2.43. The Kier molecular flexibility index (Phi) is 20.6. The molecule has 0 radical (unpaired) electrons. The van der Waals surface area contributed by atoms with Gasteiger partial charge in [0.1, 0.15) is 23.9 Å². The van der Waals surface area contributed by atoms with Gasteiger partial charge in [-0.15, -0.1) is 0 Å². The number of piperidine rings is 2. The maximum atomic E-state index is 14.7. The number of carbonyl (C=O) groups is 10. The third-order valence-corrected chi connectivity index (χ3v) is 14.6. The molecule has 4 atom stereocenters. The van der Waals surface area contributed by atoms with Crippen molar-refractivity contribution >= 4 is 110 Å². The molecule has 0 spiro atoms. The van der Waals surface area contributed by atoms with Gasteiger partial charge >= 0.3 is 5.97 Å². The highest BCUT2D eigenvalue weighted by Gasteiger charge is 2.47. The lowest BCUT2D eigenvalue weighted by Crippen LogP contribution is -2.60. The minimum atomic E-state index is -1.24. The number of anilines is 1. The molecule has 8 amide bonds. The molecule has 0 aromatic heterocycles. The third-order valence-electron chi connectivity index (χ3n) is 13.6. The number of hydrogen-bond donors (Lipinski definition) is 3. The first kappa shape index (κ1) is 58.1. The number of likely N-dealkylation sites (tertiary alicyclic amines) is 1. The summed E-state index contributed by atoms with van der Waals surface area (Å²) >= 11 is 4.25. The molecule has 0 aliphatic carbocycles. The highest BCUT2D eigenvalue weighted by molar-refractivity contribution is 14.1. The number of alkyl halides is 2. The van der Waals surface area contributed by atoms with Crippen molar-refractivity contribution in [1.29, 1.82) is 0 Å². The van der Waals surface area contributed by atoms with Crippen LogP contribution in [-0.4, -0.2) is 141 Å². The summed E-state index contributed by atoms with van der Waals surface area (Å²) in [6.07, 6.45) is 0.0329. The number of amides is 8. The van der Waals surface area contributed by atoms with Crippen molar-refractivity contribution < 1.29 is 66.9 Å². The van der Waals surface area contributed by atoms with E-state index in [4.69, 9.17) is 18.9 Å². The van der Waals surface area contributed by atoms with Crippen LogP contribution in [0.15, 0.2) is 60.7 Å². The van der Waals surface area contributed by atoms with Crippen molar-refractivity contribution in [3.05, 3.63) is 82.9 Å². The second-order valence-corrected chi connectivity index (χ2v) is 21.0. The number of nitrogens with zero attached hydrogens (tertiary/aromatic N) is 3. The quantitative estimate of drug-likeness (QED) is 0.0339. The van der Waals surface area contributed by atoms with E-state index in [1.54, 1.807) is 51.1 Å². The number of imide groups is 2. The van der Waals surface area contributed by atoms with Gasteiger partial charge < -0.3 is 39.4 Å². The Labute approximate surface area is 462 Å². The fourth-order valence-corrected chi connectivity index (χ4v) is 9.86. The van der Waals surface area contributed by atoms with Crippen LogP contribution < -0.4 is 30.2 Å². The maximum Gasteiger partial charge on any atom is 0.329 e. The predicted octanol–water partition coefficient (Wildman–Crippen LogP) is 5.30. The Hall–Kier alpha value is -6.18. The van der Waals surface area contributed by atoms with Crippen LogP contribution in [-0.2, 0) is 49.5 Å². The zero-order chi connectivity index (χ0) is 54.6. The molecule has 3 aromatic carbocycles. The van der Waals surface area contributed by atoms with E-state index in [-0.39, 0.29) is 80.8 Å². The van der Waals surface area contributed by atoms with Crippen molar-refractivity contribution in [3.8, 4) is 17.2 Å².